The summed E-state index contributed by atoms with van der Waals surface area (Å²) in [5.74, 6) is -0.170. The van der Waals surface area contributed by atoms with E-state index in [1.165, 1.54) is 6.07 Å². The van der Waals surface area contributed by atoms with Gasteiger partial charge in [-0.2, -0.15) is 0 Å². The summed E-state index contributed by atoms with van der Waals surface area (Å²) in [4.78, 5) is 5.05. The summed E-state index contributed by atoms with van der Waals surface area (Å²) in [6, 6.07) is 14.5. The molecule has 0 atom stereocenters. The van der Waals surface area contributed by atoms with Gasteiger partial charge in [0.15, 0.2) is 0 Å². The Bertz CT molecular complexity index is 667. The number of hydrogen-bond acceptors (Lipinski definition) is 2. The second-order valence-corrected chi connectivity index (χ2v) is 6.06. The average molecular weight is 335 g/mol. The van der Waals surface area contributed by atoms with Crippen LogP contribution in [0.3, 0.4) is 0 Å². The number of para-hydroxylation sites is 1. The van der Waals surface area contributed by atoms with Crippen molar-refractivity contribution >= 4 is 34.5 Å². The van der Waals surface area contributed by atoms with Crippen LogP contribution < -0.4 is 4.90 Å². The van der Waals surface area contributed by atoms with Crippen LogP contribution in [-0.4, -0.2) is 36.1 Å². The molecule has 0 N–H and O–H groups in total. The van der Waals surface area contributed by atoms with Crippen molar-refractivity contribution in [1.82, 2.24) is 4.90 Å². The summed E-state index contributed by atoms with van der Waals surface area (Å²) >= 11 is 11.5. The molecule has 0 spiro atoms. The van der Waals surface area contributed by atoms with E-state index in [9.17, 15) is 4.39 Å². The molecule has 114 valence electrons. The Morgan fingerprint density at radius 2 is 1.59 bits per heavy atom. The summed E-state index contributed by atoms with van der Waals surface area (Å²) < 4.78 is 13.8. The maximum Gasteiger partial charge on any atom is 0.146 e. The van der Waals surface area contributed by atoms with Gasteiger partial charge in [-0.15, -0.1) is 0 Å². The van der Waals surface area contributed by atoms with E-state index in [4.69, 9.17) is 23.8 Å². The van der Waals surface area contributed by atoms with Gasteiger partial charge < -0.3 is 9.80 Å². The summed E-state index contributed by atoms with van der Waals surface area (Å²) in [6.45, 7) is 3.09. The van der Waals surface area contributed by atoms with E-state index in [0.717, 1.165) is 36.7 Å². The molecule has 0 bridgehead atoms. The molecule has 0 radical (unpaired) electrons. The highest BCUT2D eigenvalue weighted by Gasteiger charge is 2.21. The first-order valence-corrected chi connectivity index (χ1v) is 7.98. The monoisotopic (exact) mass is 334 g/mol. The molecule has 2 nitrogen and oxygen atoms in total. The van der Waals surface area contributed by atoms with Crippen LogP contribution in [0.25, 0.3) is 0 Å². The molecule has 1 aliphatic heterocycles. The van der Waals surface area contributed by atoms with E-state index in [1.807, 2.05) is 36.4 Å². The smallest absolute Gasteiger partial charge is 0.146 e. The Hall–Kier alpha value is -1.65. The van der Waals surface area contributed by atoms with Gasteiger partial charge in [0, 0.05) is 36.8 Å². The van der Waals surface area contributed by atoms with Crippen molar-refractivity contribution in [3.8, 4) is 0 Å². The molecule has 0 aliphatic carbocycles. The lowest BCUT2D eigenvalue weighted by atomic mass is 10.2. The van der Waals surface area contributed by atoms with Gasteiger partial charge in [-0.1, -0.05) is 48.1 Å². The molecule has 1 aliphatic rings. The number of benzene rings is 2. The number of nitrogens with zero attached hydrogens (tertiary/aromatic N) is 2. The zero-order valence-corrected chi connectivity index (χ0v) is 13.6. The molecular formula is C17H16ClFN2S. The van der Waals surface area contributed by atoms with Crippen molar-refractivity contribution in [3.63, 3.8) is 0 Å². The second kappa shape index (κ2) is 6.63. The molecule has 1 saturated heterocycles. The van der Waals surface area contributed by atoms with Crippen LogP contribution in [-0.2, 0) is 0 Å². The van der Waals surface area contributed by atoms with Crippen LogP contribution in [0.15, 0.2) is 48.5 Å². The minimum atomic E-state index is -0.170. The van der Waals surface area contributed by atoms with Crippen molar-refractivity contribution in [2.45, 2.75) is 0 Å². The van der Waals surface area contributed by atoms with Gasteiger partial charge in [-0.3, -0.25) is 0 Å². The normalized spacial score (nSPS) is 15.0. The third-order valence-corrected chi connectivity index (χ3v) is 4.60. The highest BCUT2D eigenvalue weighted by atomic mass is 35.5. The predicted molar refractivity (Wildman–Crippen MR) is 93.3 cm³/mol. The number of rotatable bonds is 2. The fraction of sp³-hybridized carbons (Fsp3) is 0.235. The van der Waals surface area contributed by atoms with Gasteiger partial charge in [-0.25, -0.2) is 4.39 Å². The van der Waals surface area contributed by atoms with Crippen molar-refractivity contribution < 1.29 is 4.39 Å². The van der Waals surface area contributed by atoms with Crippen LogP contribution in [0.4, 0.5) is 10.1 Å². The molecule has 0 amide bonds. The molecule has 1 fully saturated rings. The standard InChI is InChI=1S/C17H16ClFN2S/c18-14-7-5-13(6-8-14)17(22)21-11-9-20(10-12-21)16-4-2-1-3-15(16)19/h1-8H,9-12H2. The molecular weight excluding hydrogens is 319 g/mol. The Labute approximate surface area is 140 Å². The molecule has 3 rings (SSSR count). The van der Waals surface area contributed by atoms with Gasteiger partial charge in [0.2, 0.25) is 0 Å². The Balaban J connectivity index is 1.65. The molecule has 22 heavy (non-hydrogen) atoms. The molecule has 0 unspecified atom stereocenters. The summed E-state index contributed by atoms with van der Waals surface area (Å²) in [6.07, 6.45) is 0. The number of piperazine rings is 1. The second-order valence-electron chi connectivity index (χ2n) is 5.24. The first-order chi connectivity index (χ1) is 10.6. The zero-order chi connectivity index (χ0) is 15.5. The minimum Gasteiger partial charge on any atom is -0.366 e. The van der Waals surface area contributed by atoms with E-state index in [0.29, 0.717) is 10.7 Å². The van der Waals surface area contributed by atoms with Gasteiger partial charge >= 0.3 is 0 Å². The fourth-order valence-electron chi connectivity index (χ4n) is 2.63. The van der Waals surface area contributed by atoms with Crippen molar-refractivity contribution in [3.05, 3.63) is 64.9 Å². The van der Waals surface area contributed by atoms with Crippen molar-refractivity contribution in [2.24, 2.45) is 0 Å². The van der Waals surface area contributed by atoms with Crippen LogP contribution >= 0.6 is 23.8 Å². The molecule has 1 heterocycles. The summed E-state index contributed by atoms with van der Waals surface area (Å²) in [5.41, 5.74) is 1.67. The highest BCUT2D eigenvalue weighted by molar-refractivity contribution is 7.80. The molecule has 5 heteroatoms. The van der Waals surface area contributed by atoms with E-state index >= 15 is 0 Å². The van der Waals surface area contributed by atoms with Crippen molar-refractivity contribution in [1.29, 1.82) is 0 Å². The van der Waals surface area contributed by atoms with Gasteiger partial charge in [0.05, 0.1) is 5.69 Å². The lowest BCUT2D eigenvalue weighted by molar-refractivity contribution is 0.390. The average Bonchev–Trinajstić information content (AvgIpc) is 2.56. The third-order valence-electron chi connectivity index (χ3n) is 3.85. The van der Waals surface area contributed by atoms with Gasteiger partial charge in [0.25, 0.3) is 0 Å². The van der Waals surface area contributed by atoms with Crippen LogP contribution in [0.1, 0.15) is 5.56 Å². The SMILES string of the molecule is Fc1ccccc1N1CCN(C(=S)c2ccc(Cl)cc2)CC1. The number of anilines is 1. The number of hydrogen-bond donors (Lipinski definition) is 0. The van der Waals surface area contributed by atoms with E-state index in [2.05, 4.69) is 9.80 Å². The maximum atomic E-state index is 13.8. The van der Waals surface area contributed by atoms with Gasteiger partial charge in [-0.05, 0) is 24.3 Å². The highest BCUT2D eigenvalue weighted by Crippen LogP contribution is 2.21. The first-order valence-electron chi connectivity index (χ1n) is 7.19. The summed E-state index contributed by atoms with van der Waals surface area (Å²) in [5, 5.41) is 0.705. The number of halogens is 2. The fourth-order valence-corrected chi connectivity index (χ4v) is 3.08. The number of thiocarbonyl (C=S) groups is 1. The topological polar surface area (TPSA) is 6.48 Å². The third kappa shape index (κ3) is 3.23. The molecule has 2 aromatic carbocycles. The van der Waals surface area contributed by atoms with Crippen LogP contribution in [0.5, 0.6) is 0 Å². The van der Waals surface area contributed by atoms with E-state index in [-0.39, 0.29) is 5.82 Å². The molecule has 0 aromatic heterocycles. The Kier molecular flexibility index (Phi) is 4.60. The Morgan fingerprint density at radius 1 is 0.955 bits per heavy atom. The first kappa shape index (κ1) is 15.3. The molecule has 0 saturated carbocycles. The van der Waals surface area contributed by atoms with E-state index < -0.39 is 0 Å². The maximum absolute atomic E-state index is 13.8. The quantitative estimate of drug-likeness (QED) is 0.767. The Morgan fingerprint density at radius 3 is 2.23 bits per heavy atom. The largest absolute Gasteiger partial charge is 0.366 e. The lowest BCUT2D eigenvalue weighted by Crippen LogP contribution is -2.48. The van der Waals surface area contributed by atoms with Crippen LogP contribution in [0.2, 0.25) is 5.02 Å². The lowest BCUT2D eigenvalue weighted by Gasteiger charge is -2.37. The van der Waals surface area contributed by atoms with Crippen LogP contribution in [0, 0.1) is 5.82 Å². The van der Waals surface area contributed by atoms with E-state index in [1.54, 1.807) is 6.07 Å². The minimum absolute atomic E-state index is 0.170. The van der Waals surface area contributed by atoms with Gasteiger partial charge in [0.1, 0.15) is 10.8 Å². The molecule has 2 aromatic rings. The summed E-state index contributed by atoms with van der Waals surface area (Å²) in [7, 11) is 0. The predicted octanol–water partition coefficient (Wildman–Crippen LogP) is 3.98. The zero-order valence-electron chi connectivity index (χ0n) is 12.0. The van der Waals surface area contributed by atoms with Crippen molar-refractivity contribution in [2.75, 3.05) is 31.1 Å².